The standard InChI is InChI=1S/C14H21N5/c1-18-9-11(8-16-18)12-13(15)19(2)14(17-12)10-6-4-3-5-7-10/h8-10H,3-7,15H2,1-2H3. The lowest BCUT2D eigenvalue weighted by Crippen LogP contribution is -2.11. The third kappa shape index (κ3) is 2.13. The van der Waals surface area contributed by atoms with Crippen LogP contribution >= 0.6 is 0 Å². The van der Waals surface area contributed by atoms with E-state index in [1.165, 1.54) is 32.1 Å². The minimum Gasteiger partial charge on any atom is -0.383 e. The number of aryl methyl sites for hydroxylation is 1. The molecule has 0 saturated heterocycles. The predicted molar refractivity (Wildman–Crippen MR) is 75.6 cm³/mol. The molecule has 0 unspecified atom stereocenters. The Bertz CT molecular complexity index is 575. The summed E-state index contributed by atoms with van der Waals surface area (Å²) >= 11 is 0. The van der Waals surface area contributed by atoms with E-state index in [4.69, 9.17) is 10.7 Å². The second kappa shape index (κ2) is 4.72. The number of nitrogens with two attached hydrogens (primary N) is 1. The second-order valence-corrected chi connectivity index (χ2v) is 5.50. The number of imidazole rings is 1. The molecule has 102 valence electrons. The fourth-order valence-corrected chi connectivity index (χ4v) is 3.01. The molecule has 1 fully saturated rings. The van der Waals surface area contributed by atoms with Gasteiger partial charge >= 0.3 is 0 Å². The molecule has 0 aromatic carbocycles. The van der Waals surface area contributed by atoms with Crippen LogP contribution in [-0.4, -0.2) is 19.3 Å². The summed E-state index contributed by atoms with van der Waals surface area (Å²) in [5.74, 6) is 2.44. The van der Waals surface area contributed by atoms with Gasteiger partial charge in [0.15, 0.2) is 0 Å². The molecule has 5 heteroatoms. The lowest BCUT2D eigenvalue weighted by atomic mass is 9.89. The number of hydrogen-bond donors (Lipinski definition) is 1. The van der Waals surface area contributed by atoms with Gasteiger partial charge in [-0.25, -0.2) is 4.98 Å². The zero-order valence-corrected chi connectivity index (χ0v) is 11.6. The summed E-state index contributed by atoms with van der Waals surface area (Å²) in [6, 6.07) is 0. The first kappa shape index (κ1) is 12.3. The number of aromatic nitrogens is 4. The van der Waals surface area contributed by atoms with Crippen LogP contribution in [0.4, 0.5) is 5.82 Å². The summed E-state index contributed by atoms with van der Waals surface area (Å²) in [5.41, 5.74) is 8.08. The summed E-state index contributed by atoms with van der Waals surface area (Å²) in [6.07, 6.45) is 10.2. The van der Waals surface area contributed by atoms with Crippen molar-refractivity contribution in [2.24, 2.45) is 14.1 Å². The highest BCUT2D eigenvalue weighted by Crippen LogP contribution is 2.35. The van der Waals surface area contributed by atoms with Crippen molar-refractivity contribution >= 4 is 5.82 Å². The fourth-order valence-electron chi connectivity index (χ4n) is 3.01. The van der Waals surface area contributed by atoms with E-state index < -0.39 is 0 Å². The predicted octanol–water partition coefficient (Wildman–Crippen LogP) is 2.45. The topological polar surface area (TPSA) is 61.7 Å². The second-order valence-electron chi connectivity index (χ2n) is 5.50. The van der Waals surface area contributed by atoms with Gasteiger partial charge in [0, 0.05) is 31.8 Å². The highest BCUT2D eigenvalue weighted by Gasteiger charge is 2.23. The van der Waals surface area contributed by atoms with Crippen LogP contribution in [0.15, 0.2) is 12.4 Å². The monoisotopic (exact) mass is 259 g/mol. The van der Waals surface area contributed by atoms with Gasteiger partial charge in [0.2, 0.25) is 0 Å². The van der Waals surface area contributed by atoms with Gasteiger partial charge in [-0.1, -0.05) is 19.3 Å². The van der Waals surface area contributed by atoms with E-state index in [0.717, 1.165) is 22.9 Å². The zero-order valence-electron chi connectivity index (χ0n) is 11.6. The molecule has 0 amide bonds. The van der Waals surface area contributed by atoms with Crippen LogP contribution in [0.5, 0.6) is 0 Å². The minimum absolute atomic E-state index is 0.562. The Morgan fingerprint density at radius 1 is 1.21 bits per heavy atom. The average molecular weight is 259 g/mol. The lowest BCUT2D eigenvalue weighted by Gasteiger charge is -2.21. The summed E-state index contributed by atoms with van der Waals surface area (Å²) in [4.78, 5) is 4.80. The van der Waals surface area contributed by atoms with E-state index in [1.54, 1.807) is 4.68 Å². The van der Waals surface area contributed by atoms with Crippen LogP contribution in [-0.2, 0) is 14.1 Å². The van der Waals surface area contributed by atoms with E-state index >= 15 is 0 Å². The molecule has 0 bridgehead atoms. The average Bonchev–Trinajstić information content (AvgIpc) is 2.97. The molecule has 0 atom stereocenters. The normalized spacial score (nSPS) is 16.9. The molecule has 1 aliphatic rings. The van der Waals surface area contributed by atoms with E-state index in [9.17, 15) is 0 Å². The van der Waals surface area contributed by atoms with Crippen molar-refractivity contribution in [1.29, 1.82) is 0 Å². The molecule has 1 aliphatic carbocycles. The van der Waals surface area contributed by atoms with Crippen molar-refractivity contribution in [1.82, 2.24) is 19.3 Å². The smallest absolute Gasteiger partial charge is 0.131 e. The highest BCUT2D eigenvalue weighted by atomic mass is 15.2. The first-order valence-corrected chi connectivity index (χ1v) is 6.98. The van der Waals surface area contributed by atoms with Crippen molar-refractivity contribution in [3.8, 4) is 11.3 Å². The first-order valence-electron chi connectivity index (χ1n) is 6.98. The minimum atomic E-state index is 0.562. The Hall–Kier alpha value is -1.78. The largest absolute Gasteiger partial charge is 0.383 e. The van der Waals surface area contributed by atoms with Crippen LogP contribution < -0.4 is 5.73 Å². The van der Waals surface area contributed by atoms with Crippen molar-refractivity contribution < 1.29 is 0 Å². The summed E-state index contributed by atoms with van der Waals surface area (Å²) in [6.45, 7) is 0. The number of hydrogen-bond acceptors (Lipinski definition) is 3. The molecule has 19 heavy (non-hydrogen) atoms. The maximum atomic E-state index is 6.21. The van der Waals surface area contributed by atoms with Gasteiger partial charge in [-0.2, -0.15) is 5.10 Å². The number of nitrogen functional groups attached to an aromatic ring is 1. The Morgan fingerprint density at radius 2 is 1.95 bits per heavy atom. The molecule has 3 rings (SSSR count). The Kier molecular flexibility index (Phi) is 3.05. The maximum absolute atomic E-state index is 6.21. The van der Waals surface area contributed by atoms with Gasteiger partial charge in [0.1, 0.15) is 17.3 Å². The van der Waals surface area contributed by atoms with Crippen molar-refractivity contribution in [3.63, 3.8) is 0 Å². The number of rotatable bonds is 2. The Balaban J connectivity index is 1.98. The summed E-state index contributed by atoms with van der Waals surface area (Å²) in [7, 11) is 3.93. The van der Waals surface area contributed by atoms with Gasteiger partial charge in [-0.3, -0.25) is 4.68 Å². The van der Waals surface area contributed by atoms with Gasteiger partial charge in [0.25, 0.3) is 0 Å². The van der Waals surface area contributed by atoms with Crippen LogP contribution in [0.25, 0.3) is 11.3 Å². The van der Waals surface area contributed by atoms with Crippen LogP contribution in [0, 0.1) is 0 Å². The molecule has 2 aromatic rings. The molecule has 1 saturated carbocycles. The van der Waals surface area contributed by atoms with Crippen molar-refractivity contribution in [2.75, 3.05) is 5.73 Å². The quantitative estimate of drug-likeness (QED) is 0.901. The molecular weight excluding hydrogens is 238 g/mol. The van der Waals surface area contributed by atoms with Crippen molar-refractivity contribution in [2.45, 2.75) is 38.0 Å². The van der Waals surface area contributed by atoms with Gasteiger partial charge in [0.05, 0.1) is 6.20 Å². The molecule has 2 heterocycles. The third-order valence-electron chi connectivity index (χ3n) is 4.12. The number of nitrogens with zero attached hydrogens (tertiary/aromatic N) is 4. The molecule has 2 N–H and O–H groups in total. The zero-order chi connectivity index (χ0) is 13.4. The highest BCUT2D eigenvalue weighted by molar-refractivity contribution is 5.70. The van der Waals surface area contributed by atoms with E-state index in [0.29, 0.717) is 5.92 Å². The van der Waals surface area contributed by atoms with Gasteiger partial charge in [-0.15, -0.1) is 0 Å². The van der Waals surface area contributed by atoms with Crippen molar-refractivity contribution in [3.05, 3.63) is 18.2 Å². The Morgan fingerprint density at radius 3 is 2.58 bits per heavy atom. The SMILES string of the molecule is Cn1cc(-c2nc(C3CCCCC3)n(C)c2N)cn1. The van der Waals surface area contributed by atoms with Crippen LogP contribution in [0.2, 0.25) is 0 Å². The van der Waals surface area contributed by atoms with E-state index in [2.05, 4.69) is 9.67 Å². The van der Waals surface area contributed by atoms with E-state index in [1.807, 2.05) is 26.5 Å². The molecule has 0 radical (unpaired) electrons. The molecule has 0 aliphatic heterocycles. The Labute approximate surface area is 113 Å². The summed E-state index contributed by atoms with van der Waals surface area (Å²) < 4.78 is 3.84. The molecule has 5 nitrogen and oxygen atoms in total. The molecule has 2 aromatic heterocycles. The van der Waals surface area contributed by atoms with Gasteiger partial charge < -0.3 is 10.3 Å². The lowest BCUT2D eigenvalue weighted by molar-refractivity contribution is 0.422. The third-order valence-corrected chi connectivity index (χ3v) is 4.12. The van der Waals surface area contributed by atoms with E-state index in [-0.39, 0.29) is 0 Å². The number of anilines is 1. The van der Waals surface area contributed by atoms with Gasteiger partial charge in [-0.05, 0) is 12.8 Å². The molecular formula is C14H21N5. The van der Waals surface area contributed by atoms with Crippen LogP contribution in [0.1, 0.15) is 43.8 Å². The molecule has 0 spiro atoms. The van der Waals surface area contributed by atoms with Crippen LogP contribution in [0.3, 0.4) is 0 Å². The first-order chi connectivity index (χ1) is 9.16. The summed E-state index contributed by atoms with van der Waals surface area (Å²) in [5, 5.41) is 4.20. The maximum Gasteiger partial charge on any atom is 0.131 e. The fraction of sp³-hybridized carbons (Fsp3) is 0.571.